The molecule has 1 heterocycles. The molecule has 0 saturated carbocycles. The lowest BCUT2D eigenvalue weighted by Gasteiger charge is -2.41. The van der Waals surface area contributed by atoms with Gasteiger partial charge in [0.1, 0.15) is 0 Å². The summed E-state index contributed by atoms with van der Waals surface area (Å²) in [6.07, 6.45) is 4.20. The second-order valence-electron chi connectivity index (χ2n) is 5.55. The van der Waals surface area contributed by atoms with E-state index in [2.05, 4.69) is 23.0 Å². The van der Waals surface area contributed by atoms with Crippen LogP contribution in [-0.4, -0.2) is 11.8 Å². The van der Waals surface area contributed by atoms with Gasteiger partial charge in [0.2, 0.25) is 11.8 Å². The maximum Gasteiger partial charge on any atom is 0.243 e. The molecule has 0 unspecified atom stereocenters. The Morgan fingerprint density at radius 3 is 2.28 bits per heavy atom. The summed E-state index contributed by atoms with van der Waals surface area (Å²) < 4.78 is 0. The Bertz CT molecular complexity index is 447. The molecule has 4 nitrogen and oxygen atoms in total. The number of hydrazine groups is 1. The van der Waals surface area contributed by atoms with E-state index in [4.69, 9.17) is 0 Å². The fourth-order valence-corrected chi connectivity index (χ4v) is 2.95. The van der Waals surface area contributed by atoms with E-state index in [1.807, 2.05) is 27.7 Å². The zero-order valence-electron chi connectivity index (χ0n) is 11.3. The summed E-state index contributed by atoms with van der Waals surface area (Å²) in [6, 6.07) is 0. The number of hydrogen-bond acceptors (Lipinski definition) is 2. The smallest absolute Gasteiger partial charge is 0.243 e. The first-order valence-corrected chi connectivity index (χ1v) is 6.35. The van der Waals surface area contributed by atoms with E-state index in [9.17, 15) is 9.59 Å². The lowest BCUT2D eigenvalue weighted by atomic mass is 9.66. The van der Waals surface area contributed by atoms with Gasteiger partial charge in [-0.1, -0.05) is 30.2 Å². The Labute approximate surface area is 107 Å². The van der Waals surface area contributed by atoms with Crippen LogP contribution in [0.5, 0.6) is 0 Å². The fourth-order valence-electron chi connectivity index (χ4n) is 2.95. The van der Waals surface area contributed by atoms with Gasteiger partial charge in [0, 0.05) is 5.92 Å². The van der Waals surface area contributed by atoms with Crippen molar-refractivity contribution in [3.05, 3.63) is 23.3 Å². The van der Waals surface area contributed by atoms with E-state index in [1.54, 1.807) is 0 Å². The van der Waals surface area contributed by atoms with E-state index in [0.717, 1.165) is 5.57 Å². The molecule has 2 N–H and O–H groups in total. The van der Waals surface area contributed by atoms with Crippen LogP contribution in [0, 0.1) is 23.7 Å². The van der Waals surface area contributed by atoms with Gasteiger partial charge in [-0.25, -0.2) is 0 Å². The second-order valence-corrected chi connectivity index (χ2v) is 5.55. The van der Waals surface area contributed by atoms with Crippen LogP contribution < -0.4 is 10.9 Å². The van der Waals surface area contributed by atoms with E-state index >= 15 is 0 Å². The Kier molecular flexibility index (Phi) is 3.28. The predicted molar refractivity (Wildman–Crippen MR) is 69.1 cm³/mol. The molecule has 1 aliphatic heterocycles. The van der Waals surface area contributed by atoms with Gasteiger partial charge in [-0.15, -0.1) is 0 Å². The first-order valence-electron chi connectivity index (χ1n) is 6.35. The van der Waals surface area contributed by atoms with Crippen molar-refractivity contribution < 1.29 is 9.59 Å². The number of hydrogen-bond donors (Lipinski definition) is 2. The molecule has 0 radical (unpaired) electrons. The molecule has 2 aliphatic rings. The monoisotopic (exact) mass is 248 g/mol. The van der Waals surface area contributed by atoms with E-state index in [-0.39, 0.29) is 35.5 Å². The molecule has 0 aromatic carbocycles. The topological polar surface area (TPSA) is 58.2 Å². The van der Waals surface area contributed by atoms with E-state index in [0.29, 0.717) is 0 Å². The summed E-state index contributed by atoms with van der Waals surface area (Å²) in [4.78, 5) is 24.0. The first kappa shape index (κ1) is 12.9. The van der Waals surface area contributed by atoms with Crippen LogP contribution in [0.15, 0.2) is 23.3 Å². The van der Waals surface area contributed by atoms with Crippen LogP contribution in [0.3, 0.4) is 0 Å². The summed E-state index contributed by atoms with van der Waals surface area (Å²) in [5, 5.41) is 0. The lowest BCUT2D eigenvalue weighted by Crippen LogP contribution is -2.60. The SMILES string of the molecule is CC(C)=C[C@@H]1C=C(C)[C@@H](C)[C@H]2C(=O)NNC(=O)[C@H]12. The number of fused-ring (bicyclic) bond motifs is 1. The summed E-state index contributed by atoms with van der Waals surface area (Å²) in [5.41, 5.74) is 7.29. The van der Waals surface area contributed by atoms with Crippen LogP contribution in [0.1, 0.15) is 27.7 Å². The average molecular weight is 248 g/mol. The van der Waals surface area contributed by atoms with Crippen molar-refractivity contribution >= 4 is 11.8 Å². The number of allylic oxidation sites excluding steroid dienone is 4. The molecule has 1 aliphatic carbocycles. The second kappa shape index (κ2) is 4.59. The minimum Gasteiger partial charge on any atom is -0.273 e. The van der Waals surface area contributed by atoms with Crippen molar-refractivity contribution in [3.8, 4) is 0 Å². The third-order valence-electron chi connectivity index (χ3n) is 3.95. The molecule has 4 heteroatoms. The summed E-state index contributed by atoms with van der Waals surface area (Å²) in [7, 11) is 0. The Hall–Kier alpha value is -1.58. The number of carbonyl (C=O) groups is 2. The van der Waals surface area contributed by atoms with Gasteiger partial charge in [-0.2, -0.15) is 0 Å². The maximum atomic E-state index is 12.0. The van der Waals surface area contributed by atoms with Crippen LogP contribution in [0.25, 0.3) is 0 Å². The minimum absolute atomic E-state index is 0.0160. The van der Waals surface area contributed by atoms with Crippen LogP contribution in [0.4, 0.5) is 0 Å². The number of carbonyl (C=O) groups excluding carboxylic acids is 2. The maximum absolute atomic E-state index is 12.0. The van der Waals surface area contributed by atoms with Crippen molar-refractivity contribution in [3.63, 3.8) is 0 Å². The number of amides is 2. The van der Waals surface area contributed by atoms with Gasteiger partial charge in [-0.05, 0) is 26.7 Å². The van der Waals surface area contributed by atoms with Gasteiger partial charge in [0.15, 0.2) is 0 Å². The highest BCUT2D eigenvalue weighted by atomic mass is 16.2. The van der Waals surface area contributed by atoms with Crippen LogP contribution in [0.2, 0.25) is 0 Å². The van der Waals surface area contributed by atoms with Gasteiger partial charge in [0.05, 0.1) is 11.8 Å². The third kappa shape index (κ3) is 2.07. The van der Waals surface area contributed by atoms with Crippen molar-refractivity contribution in [2.45, 2.75) is 27.7 Å². The average Bonchev–Trinajstić information content (AvgIpc) is 2.28. The molecule has 0 aromatic heterocycles. The van der Waals surface area contributed by atoms with Gasteiger partial charge >= 0.3 is 0 Å². The quantitative estimate of drug-likeness (QED) is 0.692. The minimum atomic E-state index is -0.285. The van der Waals surface area contributed by atoms with Gasteiger partial charge in [-0.3, -0.25) is 20.4 Å². The van der Waals surface area contributed by atoms with Crippen molar-refractivity contribution in [2.75, 3.05) is 0 Å². The molecule has 1 fully saturated rings. The number of nitrogens with one attached hydrogen (secondary N) is 2. The fraction of sp³-hybridized carbons (Fsp3) is 0.571. The van der Waals surface area contributed by atoms with Crippen LogP contribution >= 0.6 is 0 Å². The van der Waals surface area contributed by atoms with E-state index in [1.165, 1.54) is 5.57 Å². The molecule has 2 amide bonds. The Morgan fingerprint density at radius 2 is 1.72 bits per heavy atom. The summed E-state index contributed by atoms with van der Waals surface area (Å²) in [6.45, 7) is 8.07. The lowest BCUT2D eigenvalue weighted by molar-refractivity contribution is -0.146. The molecular weight excluding hydrogens is 228 g/mol. The normalized spacial score (nSPS) is 35.0. The van der Waals surface area contributed by atoms with Crippen LogP contribution in [-0.2, 0) is 9.59 Å². The highest BCUT2D eigenvalue weighted by molar-refractivity contribution is 5.94. The molecule has 1 saturated heterocycles. The molecule has 0 aromatic rings. The third-order valence-corrected chi connectivity index (χ3v) is 3.95. The highest BCUT2D eigenvalue weighted by Crippen LogP contribution is 2.40. The molecule has 4 atom stereocenters. The van der Waals surface area contributed by atoms with Crippen molar-refractivity contribution in [1.82, 2.24) is 10.9 Å². The number of rotatable bonds is 1. The van der Waals surface area contributed by atoms with Crippen molar-refractivity contribution in [1.29, 1.82) is 0 Å². The zero-order chi connectivity index (χ0) is 13.4. The first-order chi connectivity index (χ1) is 8.41. The highest BCUT2D eigenvalue weighted by Gasteiger charge is 2.47. The predicted octanol–water partition coefficient (Wildman–Crippen LogP) is 1.56. The largest absolute Gasteiger partial charge is 0.273 e. The molecule has 0 spiro atoms. The molecule has 98 valence electrons. The standard InChI is InChI=1S/C14H20N2O2/c1-7(2)5-10-6-8(3)9(4)11-12(10)14(18)16-15-13(11)17/h5-6,9-12H,1-4H3,(H,15,17)(H,16,18)/t9-,10-,11-,12-/m1/s1. The molecule has 0 bridgehead atoms. The summed E-state index contributed by atoms with van der Waals surface area (Å²) >= 11 is 0. The summed E-state index contributed by atoms with van der Waals surface area (Å²) in [5.74, 6) is -0.578. The Balaban J connectivity index is 2.45. The Morgan fingerprint density at radius 1 is 1.17 bits per heavy atom. The van der Waals surface area contributed by atoms with Gasteiger partial charge < -0.3 is 0 Å². The van der Waals surface area contributed by atoms with Crippen molar-refractivity contribution in [2.24, 2.45) is 23.7 Å². The van der Waals surface area contributed by atoms with E-state index < -0.39 is 0 Å². The molecular formula is C14H20N2O2. The molecule has 18 heavy (non-hydrogen) atoms. The zero-order valence-corrected chi connectivity index (χ0v) is 11.3. The molecule has 2 rings (SSSR count). The van der Waals surface area contributed by atoms with Gasteiger partial charge in [0.25, 0.3) is 0 Å².